The Hall–Kier alpha value is 2.32. The van der Waals surface area contributed by atoms with Crippen molar-refractivity contribution in [2.24, 2.45) is 16.7 Å². The van der Waals surface area contributed by atoms with Crippen molar-refractivity contribution in [1.29, 1.82) is 0 Å². The Labute approximate surface area is 146 Å². The summed E-state index contributed by atoms with van der Waals surface area (Å²) in [5.41, 5.74) is -1.53. The lowest BCUT2D eigenvalue weighted by molar-refractivity contribution is 0.158. The van der Waals surface area contributed by atoms with Gasteiger partial charge in [-0.1, -0.05) is 0 Å². The zero-order chi connectivity index (χ0) is 13.9. The molecule has 0 unspecified atom stereocenters. The fraction of sp³-hybridized carbons (Fsp3) is 1.00. The number of alkyl halides is 8. The lowest BCUT2D eigenvalue weighted by atomic mass is 9.70. The zero-order valence-corrected chi connectivity index (χ0v) is 14.9. The van der Waals surface area contributed by atoms with Crippen molar-refractivity contribution in [2.45, 2.75) is 26.3 Å². The van der Waals surface area contributed by atoms with Gasteiger partial charge in [-0.25, -0.2) is 0 Å². The molecule has 0 amide bonds. The van der Waals surface area contributed by atoms with Crippen LogP contribution in [0.4, 0.5) is 0 Å². The number of fused-ring (bicyclic) bond motifs is 2. The first-order valence-electron chi connectivity index (χ1n) is 5.29. The molecule has 0 radical (unpaired) electrons. The minimum absolute atomic E-state index is 0.168. The van der Waals surface area contributed by atoms with E-state index in [0.29, 0.717) is 0 Å². The fourth-order valence-electron chi connectivity index (χ4n) is 3.54. The highest BCUT2D eigenvalue weighted by molar-refractivity contribution is 6.46. The molecular formula is C10H10Cl8. The van der Waals surface area contributed by atoms with Gasteiger partial charge in [0.05, 0.1) is 21.5 Å². The van der Waals surface area contributed by atoms with Crippen LogP contribution < -0.4 is 0 Å². The SMILES string of the molecule is ClCC12[C@H](Cl)[C@@H](Cl)C([C@H](Cl)[C@H]1Cl)[C@@]2(CCl)C(Cl)Cl. The second-order valence-corrected chi connectivity index (χ2v) is 8.45. The van der Waals surface area contributed by atoms with Crippen LogP contribution >= 0.6 is 92.8 Å². The van der Waals surface area contributed by atoms with Crippen LogP contribution in [0.3, 0.4) is 0 Å². The van der Waals surface area contributed by atoms with Crippen LogP contribution in [0.2, 0.25) is 0 Å². The van der Waals surface area contributed by atoms with Gasteiger partial charge in [0.15, 0.2) is 0 Å². The normalized spacial score (nSPS) is 55.5. The summed E-state index contributed by atoms with van der Waals surface area (Å²) in [6, 6.07) is 0. The fourth-order valence-corrected chi connectivity index (χ4v) is 8.37. The van der Waals surface area contributed by atoms with E-state index in [1.54, 1.807) is 0 Å². The lowest BCUT2D eigenvalue weighted by Crippen LogP contribution is -2.52. The third-order valence-electron chi connectivity index (χ3n) is 4.52. The maximum Gasteiger partial charge on any atom is 0.115 e. The molecule has 0 saturated heterocycles. The molecule has 2 bridgehead atoms. The summed E-state index contributed by atoms with van der Waals surface area (Å²) in [4.78, 5) is -0.784. The Morgan fingerprint density at radius 1 is 0.833 bits per heavy atom. The molecule has 106 valence electrons. The molecule has 0 aromatic heterocycles. The van der Waals surface area contributed by atoms with Crippen molar-refractivity contribution in [3.05, 3.63) is 0 Å². The van der Waals surface area contributed by atoms with Gasteiger partial charge in [0.2, 0.25) is 0 Å². The second kappa shape index (κ2) is 5.51. The number of rotatable bonds is 3. The molecule has 0 N–H and O–H groups in total. The molecule has 18 heavy (non-hydrogen) atoms. The Bertz CT molecular complexity index is 314. The molecule has 5 atom stereocenters. The predicted molar refractivity (Wildman–Crippen MR) is 83.9 cm³/mol. The predicted octanol–water partition coefficient (Wildman–Crippen LogP) is 5.31. The Balaban J connectivity index is 2.66. The van der Waals surface area contributed by atoms with E-state index in [-0.39, 0.29) is 17.7 Å². The lowest BCUT2D eigenvalue weighted by Gasteiger charge is -2.45. The third kappa shape index (κ3) is 1.67. The van der Waals surface area contributed by atoms with Gasteiger partial charge in [-0.3, -0.25) is 0 Å². The van der Waals surface area contributed by atoms with E-state index in [4.69, 9.17) is 92.8 Å². The van der Waals surface area contributed by atoms with E-state index in [0.717, 1.165) is 0 Å². The quantitative estimate of drug-likeness (QED) is 0.550. The van der Waals surface area contributed by atoms with Crippen molar-refractivity contribution in [3.8, 4) is 0 Å². The van der Waals surface area contributed by atoms with Crippen LogP contribution in [-0.2, 0) is 0 Å². The summed E-state index contributed by atoms with van der Waals surface area (Å²) in [5.74, 6) is 0.0732. The van der Waals surface area contributed by atoms with Gasteiger partial charge in [0.1, 0.15) is 4.84 Å². The molecule has 2 aliphatic carbocycles. The Morgan fingerprint density at radius 3 is 1.50 bits per heavy atom. The van der Waals surface area contributed by atoms with Crippen LogP contribution in [0.5, 0.6) is 0 Å². The van der Waals surface area contributed by atoms with E-state index >= 15 is 0 Å². The molecule has 8 heteroatoms. The second-order valence-electron chi connectivity index (χ2n) is 4.87. The van der Waals surface area contributed by atoms with Gasteiger partial charge in [-0.2, -0.15) is 0 Å². The van der Waals surface area contributed by atoms with Crippen molar-refractivity contribution < 1.29 is 0 Å². The molecule has 2 rings (SSSR count). The van der Waals surface area contributed by atoms with E-state index in [1.165, 1.54) is 0 Å². The van der Waals surface area contributed by atoms with E-state index in [1.807, 2.05) is 0 Å². The highest BCUT2D eigenvalue weighted by atomic mass is 35.5. The molecule has 0 aromatic rings. The largest absolute Gasteiger partial charge is 0.126 e. The molecule has 2 fully saturated rings. The van der Waals surface area contributed by atoms with Gasteiger partial charge < -0.3 is 0 Å². The van der Waals surface area contributed by atoms with Crippen LogP contribution in [0.1, 0.15) is 0 Å². The minimum Gasteiger partial charge on any atom is -0.126 e. The minimum atomic E-state index is -0.784. The molecule has 0 nitrogen and oxygen atoms in total. The van der Waals surface area contributed by atoms with E-state index < -0.39 is 37.2 Å². The number of hydrogen-bond donors (Lipinski definition) is 0. The monoisotopic (exact) mass is 410 g/mol. The molecule has 0 aliphatic heterocycles. The van der Waals surface area contributed by atoms with Crippen molar-refractivity contribution in [3.63, 3.8) is 0 Å². The summed E-state index contributed by atoms with van der Waals surface area (Å²) in [7, 11) is 0. The van der Waals surface area contributed by atoms with Crippen LogP contribution in [0.25, 0.3) is 0 Å². The Morgan fingerprint density at radius 2 is 1.28 bits per heavy atom. The molecule has 2 aliphatic rings. The van der Waals surface area contributed by atoms with Crippen molar-refractivity contribution in [2.75, 3.05) is 11.8 Å². The summed E-state index contributed by atoms with van der Waals surface area (Å²) in [6.45, 7) is 0. The molecule has 0 aromatic carbocycles. The molecular weight excluding hydrogens is 404 g/mol. The standard InChI is InChI=1S/C10H10Cl8/c11-1-9(8(17)18)3-4(13)6(15)10(9,2-12)7(16)5(3)14/h3-8H,1-2H2/t3?,4-,5-,6+,7+,9-,10?/m0/s1. The van der Waals surface area contributed by atoms with Gasteiger partial charge in [-0.15, -0.1) is 92.8 Å². The van der Waals surface area contributed by atoms with Gasteiger partial charge in [0, 0.05) is 28.5 Å². The summed E-state index contributed by atoms with van der Waals surface area (Å²) in [6.07, 6.45) is 0. The molecule has 0 heterocycles. The van der Waals surface area contributed by atoms with Crippen LogP contribution in [0, 0.1) is 16.7 Å². The molecule has 2 saturated carbocycles. The van der Waals surface area contributed by atoms with Crippen molar-refractivity contribution >= 4 is 92.8 Å². The van der Waals surface area contributed by atoms with Gasteiger partial charge >= 0.3 is 0 Å². The number of halogens is 8. The average molecular weight is 414 g/mol. The summed E-state index contributed by atoms with van der Waals surface area (Å²) >= 11 is 50.4. The highest BCUT2D eigenvalue weighted by Gasteiger charge is 2.79. The maximum absolute atomic E-state index is 6.45. The molecule has 0 spiro atoms. The first-order valence-corrected chi connectivity index (χ1v) is 8.98. The summed E-state index contributed by atoms with van der Waals surface area (Å²) < 4.78 is 0. The summed E-state index contributed by atoms with van der Waals surface area (Å²) in [5, 5.41) is -1.72. The smallest absolute Gasteiger partial charge is 0.115 e. The zero-order valence-electron chi connectivity index (χ0n) is 8.90. The van der Waals surface area contributed by atoms with Crippen LogP contribution in [-0.4, -0.2) is 38.1 Å². The van der Waals surface area contributed by atoms with Gasteiger partial charge in [-0.05, 0) is 0 Å². The highest BCUT2D eigenvalue weighted by Crippen LogP contribution is 2.74. The van der Waals surface area contributed by atoms with Crippen LogP contribution in [0.15, 0.2) is 0 Å². The van der Waals surface area contributed by atoms with E-state index in [2.05, 4.69) is 0 Å². The van der Waals surface area contributed by atoms with Crippen molar-refractivity contribution in [1.82, 2.24) is 0 Å². The van der Waals surface area contributed by atoms with E-state index in [9.17, 15) is 0 Å². The topological polar surface area (TPSA) is 0 Å². The van der Waals surface area contributed by atoms with Gasteiger partial charge in [0.25, 0.3) is 0 Å². The third-order valence-corrected chi connectivity index (χ3v) is 8.81. The first-order chi connectivity index (χ1) is 8.32. The maximum atomic E-state index is 6.45. The Kier molecular flexibility index (Phi) is 5.10. The number of hydrogen-bond acceptors (Lipinski definition) is 0. The first kappa shape index (κ1) is 16.7. The average Bonchev–Trinajstić information content (AvgIpc) is 2.66.